The molecule has 2 aromatic heterocycles. The molecule has 32 heavy (non-hydrogen) atoms. The van der Waals surface area contributed by atoms with Crippen molar-refractivity contribution in [3.05, 3.63) is 53.1 Å². The van der Waals surface area contributed by atoms with Crippen LogP contribution in [-0.4, -0.2) is 34.2 Å². The van der Waals surface area contributed by atoms with E-state index in [-0.39, 0.29) is 5.97 Å². The largest absolute Gasteiger partial charge is 0.496 e. The number of hydrogen-bond donors (Lipinski definition) is 0. The van der Waals surface area contributed by atoms with E-state index in [1.807, 2.05) is 19.9 Å². The van der Waals surface area contributed by atoms with Crippen LogP contribution in [0.2, 0.25) is 0 Å². The summed E-state index contributed by atoms with van der Waals surface area (Å²) in [6, 6.07) is 8.24. The average Bonchev–Trinajstić information content (AvgIpc) is 3.18. The summed E-state index contributed by atoms with van der Waals surface area (Å²) in [4.78, 5) is 21.1. The lowest BCUT2D eigenvalue weighted by Gasteiger charge is -2.14. The third kappa shape index (κ3) is 6.09. The first-order valence-corrected chi connectivity index (χ1v) is 11.7. The van der Waals surface area contributed by atoms with E-state index in [0.717, 1.165) is 52.3 Å². The molecule has 0 N–H and O–H groups in total. The van der Waals surface area contributed by atoms with E-state index in [0.29, 0.717) is 26.0 Å². The summed E-state index contributed by atoms with van der Waals surface area (Å²) in [7, 11) is 1.69. The Balaban J connectivity index is 1.81. The molecule has 0 bridgehead atoms. The highest BCUT2D eigenvalue weighted by Crippen LogP contribution is 2.26. The predicted octanol–water partition coefficient (Wildman–Crippen LogP) is 5.42. The minimum atomic E-state index is -0.170. The molecule has 0 spiro atoms. The minimum absolute atomic E-state index is 0.170. The van der Waals surface area contributed by atoms with Crippen molar-refractivity contribution in [2.45, 2.75) is 72.3 Å². The summed E-state index contributed by atoms with van der Waals surface area (Å²) in [6.07, 6.45) is 8.91. The van der Waals surface area contributed by atoms with Gasteiger partial charge >= 0.3 is 5.97 Å². The van der Waals surface area contributed by atoms with Gasteiger partial charge in [-0.3, -0.25) is 4.79 Å². The first kappa shape index (κ1) is 23.8. The maximum Gasteiger partial charge on any atom is 0.306 e. The average molecular weight is 438 g/mol. The number of carbonyl (C=O) groups excluding carboxylic acids is 1. The van der Waals surface area contributed by atoms with E-state index in [4.69, 9.17) is 14.5 Å². The van der Waals surface area contributed by atoms with E-state index in [1.165, 1.54) is 19.3 Å². The van der Waals surface area contributed by atoms with Crippen molar-refractivity contribution in [3.63, 3.8) is 0 Å². The molecule has 2 heterocycles. The van der Waals surface area contributed by atoms with Gasteiger partial charge in [0.2, 0.25) is 0 Å². The molecule has 0 amide bonds. The zero-order valence-electron chi connectivity index (χ0n) is 19.8. The molecule has 0 saturated heterocycles. The first-order valence-electron chi connectivity index (χ1n) is 11.7. The summed E-state index contributed by atoms with van der Waals surface area (Å²) < 4.78 is 12.9. The molecule has 1 aromatic carbocycles. The maximum atomic E-state index is 11.7. The minimum Gasteiger partial charge on any atom is -0.496 e. The molecule has 6 nitrogen and oxygen atoms in total. The summed E-state index contributed by atoms with van der Waals surface area (Å²) >= 11 is 0. The number of aryl methyl sites for hydroxylation is 3. The third-order valence-electron chi connectivity index (χ3n) is 5.68. The van der Waals surface area contributed by atoms with E-state index >= 15 is 0 Å². The number of rotatable bonds is 12. The van der Waals surface area contributed by atoms with E-state index in [2.05, 4.69) is 40.9 Å². The highest BCUT2D eigenvalue weighted by atomic mass is 16.5. The van der Waals surface area contributed by atoms with Crippen LogP contribution in [0, 0.1) is 6.92 Å². The summed E-state index contributed by atoms with van der Waals surface area (Å²) in [5.41, 5.74) is 5.38. The number of hydrogen-bond acceptors (Lipinski definition) is 5. The zero-order valence-corrected chi connectivity index (χ0v) is 19.8. The van der Waals surface area contributed by atoms with Gasteiger partial charge in [0.1, 0.15) is 11.6 Å². The van der Waals surface area contributed by atoms with Crippen LogP contribution in [-0.2, 0) is 28.9 Å². The molecule has 3 aromatic rings. The van der Waals surface area contributed by atoms with Crippen LogP contribution in [0.15, 0.2) is 30.5 Å². The van der Waals surface area contributed by atoms with Gasteiger partial charge in [-0.1, -0.05) is 38.3 Å². The number of nitrogens with zero attached hydrogens (tertiary/aromatic N) is 3. The van der Waals surface area contributed by atoms with Crippen molar-refractivity contribution in [1.29, 1.82) is 0 Å². The van der Waals surface area contributed by atoms with Gasteiger partial charge in [-0.2, -0.15) is 0 Å². The Bertz CT molecular complexity index is 1040. The van der Waals surface area contributed by atoms with Gasteiger partial charge in [0.25, 0.3) is 0 Å². The smallest absolute Gasteiger partial charge is 0.306 e. The van der Waals surface area contributed by atoms with Crippen molar-refractivity contribution in [3.8, 4) is 5.75 Å². The van der Waals surface area contributed by atoms with Crippen LogP contribution < -0.4 is 4.74 Å². The van der Waals surface area contributed by atoms with Crippen LogP contribution in [0.4, 0.5) is 0 Å². The number of benzene rings is 1. The maximum absolute atomic E-state index is 11.7. The van der Waals surface area contributed by atoms with Crippen LogP contribution in [0.3, 0.4) is 0 Å². The predicted molar refractivity (Wildman–Crippen MR) is 127 cm³/mol. The van der Waals surface area contributed by atoms with E-state index in [9.17, 15) is 4.79 Å². The second-order valence-electron chi connectivity index (χ2n) is 8.16. The molecule has 172 valence electrons. The van der Waals surface area contributed by atoms with Crippen molar-refractivity contribution in [2.75, 3.05) is 13.7 Å². The number of methoxy groups -OCH3 is 1. The summed E-state index contributed by atoms with van der Waals surface area (Å²) in [5, 5.41) is 0. The van der Waals surface area contributed by atoms with E-state index < -0.39 is 0 Å². The van der Waals surface area contributed by atoms with Crippen molar-refractivity contribution in [2.24, 2.45) is 0 Å². The van der Waals surface area contributed by atoms with E-state index in [1.54, 1.807) is 7.11 Å². The summed E-state index contributed by atoms with van der Waals surface area (Å²) in [6.45, 7) is 7.11. The van der Waals surface area contributed by atoms with Gasteiger partial charge in [-0.25, -0.2) is 9.97 Å². The number of unbranched alkanes of at least 4 members (excludes halogenated alkanes) is 3. The first-order chi connectivity index (χ1) is 15.5. The van der Waals surface area contributed by atoms with Crippen LogP contribution in [0.5, 0.6) is 5.75 Å². The zero-order chi connectivity index (χ0) is 22.9. The lowest BCUT2D eigenvalue weighted by atomic mass is 10.1. The van der Waals surface area contributed by atoms with Crippen LogP contribution >= 0.6 is 0 Å². The van der Waals surface area contributed by atoms with Gasteiger partial charge in [-0.15, -0.1) is 0 Å². The van der Waals surface area contributed by atoms with Gasteiger partial charge in [0, 0.05) is 18.2 Å². The number of carbonyl (C=O) groups is 1. The molecule has 0 aliphatic rings. The molecule has 0 atom stereocenters. The summed E-state index contributed by atoms with van der Waals surface area (Å²) in [5.74, 6) is 1.48. The Hall–Kier alpha value is -2.89. The fraction of sp³-hybridized carbons (Fsp3) is 0.500. The molecule has 0 fully saturated rings. The lowest BCUT2D eigenvalue weighted by molar-refractivity contribution is -0.143. The van der Waals surface area contributed by atoms with Gasteiger partial charge < -0.3 is 14.0 Å². The Morgan fingerprint density at radius 1 is 1.06 bits per heavy atom. The topological polar surface area (TPSA) is 66.2 Å². The number of esters is 1. The fourth-order valence-electron chi connectivity index (χ4n) is 4.08. The fourth-order valence-corrected chi connectivity index (χ4v) is 4.08. The second kappa shape index (κ2) is 11.7. The van der Waals surface area contributed by atoms with Gasteiger partial charge in [0.05, 0.1) is 37.0 Å². The molecule has 6 heteroatoms. The SMILES string of the molecule is CCCCCCc1nc(C)nc2ccn(Cc3ccc(CCC(=O)OCC)cc3OC)c12. The van der Waals surface area contributed by atoms with Crippen LogP contribution in [0.1, 0.15) is 68.6 Å². The molecular weight excluding hydrogens is 402 g/mol. The second-order valence-corrected chi connectivity index (χ2v) is 8.16. The van der Waals surface area contributed by atoms with Gasteiger partial charge in [0.15, 0.2) is 0 Å². The van der Waals surface area contributed by atoms with Crippen molar-refractivity contribution in [1.82, 2.24) is 14.5 Å². The Labute approximate surface area is 191 Å². The molecule has 0 aliphatic heterocycles. The molecule has 0 saturated carbocycles. The van der Waals surface area contributed by atoms with Gasteiger partial charge in [-0.05, 0) is 50.8 Å². The molecule has 0 aliphatic carbocycles. The van der Waals surface area contributed by atoms with Crippen LogP contribution in [0.25, 0.3) is 11.0 Å². The lowest BCUT2D eigenvalue weighted by Crippen LogP contribution is -2.07. The standard InChI is InChI=1S/C26H35N3O3/c1-5-7-8-9-10-22-26-23(28-19(3)27-22)15-16-29(26)18-21-13-11-20(17-24(21)31-4)12-14-25(30)32-6-2/h11,13,15-17H,5-10,12,14,18H2,1-4H3. The third-order valence-corrected chi connectivity index (χ3v) is 5.68. The Kier molecular flexibility index (Phi) is 8.65. The highest BCUT2D eigenvalue weighted by molar-refractivity contribution is 5.78. The quantitative estimate of drug-likeness (QED) is 0.280. The number of ether oxygens (including phenoxy) is 2. The normalized spacial score (nSPS) is 11.1. The van der Waals surface area contributed by atoms with Crippen molar-refractivity contribution < 1.29 is 14.3 Å². The molecule has 0 unspecified atom stereocenters. The highest BCUT2D eigenvalue weighted by Gasteiger charge is 2.14. The van der Waals surface area contributed by atoms with Crippen molar-refractivity contribution >= 4 is 17.0 Å². The Morgan fingerprint density at radius 3 is 2.66 bits per heavy atom. The molecular formula is C26H35N3O3. The Morgan fingerprint density at radius 2 is 1.91 bits per heavy atom. The number of fused-ring (bicyclic) bond motifs is 1. The molecule has 3 rings (SSSR count). The number of aromatic nitrogens is 3. The monoisotopic (exact) mass is 437 g/mol. The molecule has 0 radical (unpaired) electrons.